The monoisotopic (exact) mass is 368 g/mol. The molecule has 0 atom stereocenters. The van der Waals surface area contributed by atoms with Gasteiger partial charge in [0.25, 0.3) is 5.91 Å². The van der Waals surface area contributed by atoms with E-state index in [4.69, 9.17) is 14.2 Å². The maximum atomic E-state index is 12.7. The lowest BCUT2D eigenvalue weighted by atomic mass is 10.1. The van der Waals surface area contributed by atoms with Crippen LogP contribution in [0.5, 0.6) is 17.2 Å². The Balaban J connectivity index is 1.57. The van der Waals surface area contributed by atoms with Gasteiger partial charge in [-0.1, -0.05) is 0 Å². The molecule has 0 saturated heterocycles. The molecule has 0 aliphatic carbocycles. The molecule has 2 aliphatic rings. The lowest BCUT2D eigenvalue weighted by Crippen LogP contribution is -2.25. The number of carbonyl (C=O) groups excluding carboxylic acids is 2. The van der Waals surface area contributed by atoms with Crippen molar-refractivity contribution >= 4 is 23.2 Å². The molecule has 0 saturated carbocycles. The van der Waals surface area contributed by atoms with Crippen molar-refractivity contribution in [1.29, 1.82) is 0 Å². The predicted octanol–water partition coefficient (Wildman–Crippen LogP) is 2.63. The molecule has 7 nitrogen and oxygen atoms in total. The van der Waals surface area contributed by atoms with Crippen LogP contribution in [0.4, 0.5) is 11.4 Å². The second-order valence-corrected chi connectivity index (χ2v) is 6.42. The van der Waals surface area contributed by atoms with Crippen molar-refractivity contribution in [2.75, 3.05) is 37.1 Å². The predicted molar refractivity (Wildman–Crippen MR) is 100 cm³/mol. The van der Waals surface area contributed by atoms with E-state index in [0.717, 1.165) is 17.7 Å². The maximum absolute atomic E-state index is 12.7. The van der Waals surface area contributed by atoms with Gasteiger partial charge in [0.05, 0.1) is 7.11 Å². The Bertz CT molecular complexity index is 908. The summed E-state index contributed by atoms with van der Waals surface area (Å²) in [7, 11) is 1.52. The standard InChI is InChI=1S/C20H20N2O5/c1-12(23)22-6-5-13-9-15(3-4-16(13)22)21-20(24)14-10-17(25-2)19-18(11-14)26-7-8-27-19/h3-4,9-11H,5-8H2,1-2H3,(H,21,24). The fourth-order valence-electron chi connectivity index (χ4n) is 3.41. The number of nitrogens with one attached hydrogen (secondary N) is 1. The molecule has 2 amide bonds. The summed E-state index contributed by atoms with van der Waals surface area (Å²) in [5.41, 5.74) is 3.05. The van der Waals surface area contributed by atoms with Crippen molar-refractivity contribution in [3.63, 3.8) is 0 Å². The number of nitrogens with zero attached hydrogens (tertiary/aromatic N) is 1. The molecule has 0 spiro atoms. The lowest BCUT2D eigenvalue weighted by Gasteiger charge is -2.21. The molecule has 27 heavy (non-hydrogen) atoms. The Labute approximate surface area is 156 Å². The number of hydrogen-bond donors (Lipinski definition) is 1. The highest BCUT2D eigenvalue weighted by Crippen LogP contribution is 2.40. The van der Waals surface area contributed by atoms with E-state index in [1.165, 1.54) is 7.11 Å². The van der Waals surface area contributed by atoms with Crippen molar-refractivity contribution in [2.45, 2.75) is 13.3 Å². The second-order valence-electron chi connectivity index (χ2n) is 6.42. The molecule has 140 valence electrons. The molecule has 0 aromatic heterocycles. The van der Waals surface area contributed by atoms with Crippen LogP contribution in [0.25, 0.3) is 0 Å². The number of ether oxygens (including phenoxy) is 3. The Kier molecular flexibility index (Phi) is 4.35. The summed E-state index contributed by atoms with van der Waals surface area (Å²) < 4.78 is 16.5. The van der Waals surface area contributed by atoms with Gasteiger partial charge >= 0.3 is 0 Å². The first-order valence-corrected chi connectivity index (χ1v) is 8.77. The zero-order valence-corrected chi connectivity index (χ0v) is 15.2. The smallest absolute Gasteiger partial charge is 0.255 e. The second kappa shape index (κ2) is 6.83. The fraction of sp³-hybridized carbons (Fsp3) is 0.300. The first kappa shape index (κ1) is 17.2. The van der Waals surface area contributed by atoms with Crippen LogP contribution in [-0.4, -0.2) is 38.7 Å². The first-order valence-electron chi connectivity index (χ1n) is 8.77. The fourth-order valence-corrected chi connectivity index (χ4v) is 3.41. The van der Waals surface area contributed by atoms with E-state index in [0.29, 0.717) is 48.3 Å². The summed E-state index contributed by atoms with van der Waals surface area (Å²) in [5, 5.41) is 2.90. The van der Waals surface area contributed by atoms with Crippen LogP contribution in [0.1, 0.15) is 22.8 Å². The Morgan fingerprint density at radius 3 is 2.74 bits per heavy atom. The number of benzene rings is 2. The third-order valence-corrected chi connectivity index (χ3v) is 4.70. The Morgan fingerprint density at radius 2 is 1.96 bits per heavy atom. The largest absolute Gasteiger partial charge is 0.493 e. The third-order valence-electron chi connectivity index (χ3n) is 4.70. The van der Waals surface area contributed by atoms with Gasteiger partial charge in [-0.2, -0.15) is 0 Å². The highest BCUT2D eigenvalue weighted by Gasteiger charge is 2.23. The van der Waals surface area contributed by atoms with Crippen LogP contribution >= 0.6 is 0 Å². The van der Waals surface area contributed by atoms with E-state index in [1.807, 2.05) is 12.1 Å². The molecule has 0 radical (unpaired) electrons. The molecular weight excluding hydrogens is 348 g/mol. The highest BCUT2D eigenvalue weighted by atomic mass is 16.6. The quantitative estimate of drug-likeness (QED) is 0.901. The Morgan fingerprint density at radius 1 is 1.15 bits per heavy atom. The van der Waals surface area contributed by atoms with Crippen molar-refractivity contribution in [2.24, 2.45) is 0 Å². The minimum atomic E-state index is -0.272. The molecule has 2 aliphatic heterocycles. The van der Waals surface area contributed by atoms with Crippen molar-refractivity contribution in [3.8, 4) is 17.2 Å². The van der Waals surface area contributed by atoms with Crippen LogP contribution in [0.2, 0.25) is 0 Å². The minimum absolute atomic E-state index is 0.0221. The zero-order chi connectivity index (χ0) is 19.0. The van der Waals surface area contributed by atoms with Crippen molar-refractivity contribution < 1.29 is 23.8 Å². The summed E-state index contributed by atoms with van der Waals surface area (Å²) in [6.45, 7) is 3.10. The van der Waals surface area contributed by atoms with Gasteiger partial charge in [0.15, 0.2) is 11.5 Å². The number of fused-ring (bicyclic) bond motifs is 2. The van der Waals surface area contributed by atoms with E-state index in [9.17, 15) is 9.59 Å². The van der Waals surface area contributed by atoms with Crippen LogP contribution in [0.3, 0.4) is 0 Å². The molecule has 2 heterocycles. The minimum Gasteiger partial charge on any atom is -0.493 e. The van der Waals surface area contributed by atoms with E-state index in [2.05, 4.69) is 5.32 Å². The molecular formula is C20H20N2O5. The molecule has 0 bridgehead atoms. The van der Waals surface area contributed by atoms with Gasteiger partial charge in [-0.3, -0.25) is 9.59 Å². The van der Waals surface area contributed by atoms with Gasteiger partial charge < -0.3 is 24.4 Å². The number of amides is 2. The van der Waals surface area contributed by atoms with Crippen LogP contribution < -0.4 is 24.4 Å². The average molecular weight is 368 g/mol. The average Bonchev–Trinajstić information content (AvgIpc) is 3.10. The summed E-state index contributed by atoms with van der Waals surface area (Å²) in [4.78, 5) is 26.1. The number of carbonyl (C=O) groups is 2. The highest BCUT2D eigenvalue weighted by molar-refractivity contribution is 6.05. The normalized spacial score (nSPS) is 14.5. The van der Waals surface area contributed by atoms with E-state index in [-0.39, 0.29) is 11.8 Å². The number of rotatable bonds is 3. The van der Waals surface area contributed by atoms with E-state index in [1.54, 1.807) is 30.0 Å². The zero-order valence-electron chi connectivity index (χ0n) is 15.2. The van der Waals surface area contributed by atoms with Crippen LogP contribution in [-0.2, 0) is 11.2 Å². The SMILES string of the molecule is COc1cc(C(=O)Nc2ccc3c(c2)CCN3C(C)=O)cc2c1OCCO2. The van der Waals surface area contributed by atoms with Gasteiger partial charge in [-0.05, 0) is 42.3 Å². The van der Waals surface area contributed by atoms with Gasteiger partial charge in [0.2, 0.25) is 11.7 Å². The molecule has 2 aromatic carbocycles. The van der Waals surface area contributed by atoms with Gasteiger partial charge in [0, 0.05) is 30.4 Å². The topological polar surface area (TPSA) is 77.1 Å². The molecule has 0 unspecified atom stereocenters. The first-order chi connectivity index (χ1) is 13.1. The van der Waals surface area contributed by atoms with Crippen molar-refractivity contribution in [3.05, 3.63) is 41.5 Å². The summed E-state index contributed by atoms with van der Waals surface area (Å²) in [6, 6.07) is 8.85. The van der Waals surface area contributed by atoms with Gasteiger partial charge in [0.1, 0.15) is 13.2 Å². The molecule has 4 rings (SSSR count). The molecule has 0 fully saturated rings. The number of methoxy groups -OCH3 is 1. The third kappa shape index (κ3) is 3.16. The van der Waals surface area contributed by atoms with Crippen LogP contribution in [0.15, 0.2) is 30.3 Å². The summed E-state index contributed by atoms with van der Waals surface area (Å²) in [5.74, 6) is 1.22. The summed E-state index contributed by atoms with van der Waals surface area (Å²) in [6.07, 6.45) is 0.774. The molecule has 7 heteroatoms. The van der Waals surface area contributed by atoms with Crippen LogP contribution in [0, 0.1) is 0 Å². The van der Waals surface area contributed by atoms with Crippen molar-refractivity contribution in [1.82, 2.24) is 0 Å². The number of hydrogen-bond acceptors (Lipinski definition) is 5. The molecule has 1 N–H and O–H groups in total. The van der Waals surface area contributed by atoms with Gasteiger partial charge in [-0.15, -0.1) is 0 Å². The van der Waals surface area contributed by atoms with E-state index >= 15 is 0 Å². The van der Waals surface area contributed by atoms with E-state index < -0.39 is 0 Å². The maximum Gasteiger partial charge on any atom is 0.255 e. The lowest BCUT2D eigenvalue weighted by molar-refractivity contribution is -0.116. The Hall–Kier alpha value is -3.22. The molecule has 2 aromatic rings. The number of anilines is 2. The van der Waals surface area contributed by atoms with Gasteiger partial charge in [-0.25, -0.2) is 0 Å². The summed E-state index contributed by atoms with van der Waals surface area (Å²) >= 11 is 0.